The predicted molar refractivity (Wildman–Crippen MR) is 72.5 cm³/mol. The molecule has 6 nitrogen and oxygen atoms in total. The number of hydrogen-bond acceptors (Lipinski definition) is 5. The number of primary sulfonamides is 1. The number of sulfonamides is 1. The molecule has 1 aliphatic rings. The summed E-state index contributed by atoms with van der Waals surface area (Å²) in [5, 5.41) is 4.85. The maximum Gasteiger partial charge on any atom is 0.340 e. The second-order valence-electron chi connectivity index (χ2n) is 4.20. The molecule has 9 heteroatoms. The third-order valence-electron chi connectivity index (χ3n) is 2.71. The van der Waals surface area contributed by atoms with Gasteiger partial charge in [0.2, 0.25) is 10.0 Å². The van der Waals surface area contributed by atoms with Gasteiger partial charge in [0.25, 0.3) is 0 Å². The molecule has 0 aliphatic carbocycles. The number of rotatable bonds is 3. The van der Waals surface area contributed by atoms with Crippen molar-refractivity contribution in [3.05, 3.63) is 27.7 Å². The van der Waals surface area contributed by atoms with Crippen LogP contribution >= 0.6 is 23.2 Å². The Morgan fingerprint density at radius 2 is 2.05 bits per heavy atom. The SMILES string of the molecule is NS(=O)(=O)c1cc(C(=O)OC2CCOC2)c(Cl)cc1Cl. The number of carbonyl (C=O) groups excluding carboxylic acids is 1. The summed E-state index contributed by atoms with van der Waals surface area (Å²) in [4.78, 5) is 11.6. The molecule has 1 unspecified atom stereocenters. The average Bonchev–Trinajstić information content (AvgIpc) is 2.79. The van der Waals surface area contributed by atoms with E-state index >= 15 is 0 Å². The Morgan fingerprint density at radius 3 is 2.60 bits per heavy atom. The second-order valence-corrected chi connectivity index (χ2v) is 6.54. The molecule has 0 aromatic heterocycles. The first kappa shape index (κ1) is 15.5. The van der Waals surface area contributed by atoms with Crippen molar-refractivity contribution in [1.82, 2.24) is 0 Å². The first-order valence-electron chi connectivity index (χ1n) is 5.59. The molecule has 1 saturated heterocycles. The van der Waals surface area contributed by atoms with Gasteiger partial charge >= 0.3 is 5.97 Å². The predicted octanol–water partition coefficient (Wildman–Crippen LogP) is 1.59. The van der Waals surface area contributed by atoms with E-state index < -0.39 is 16.0 Å². The Kier molecular flexibility index (Phi) is 4.55. The highest BCUT2D eigenvalue weighted by atomic mass is 35.5. The lowest BCUT2D eigenvalue weighted by Gasteiger charge is -2.12. The van der Waals surface area contributed by atoms with E-state index in [1.807, 2.05) is 0 Å². The Bertz CT molecular complexity index is 640. The Balaban J connectivity index is 2.33. The van der Waals surface area contributed by atoms with Gasteiger partial charge in [0.05, 0.1) is 28.8 Å². The lowest BCUT2D eigenvalue weighted by atomic mass is 10.2. The highest BCUT2D eigenvalue weighted by Crippen LogP contribution is 2.29. The van der Waals surface area contributed by atoms with Crippen LogP contribution in [0.5, 0.6) is 0 Å². The van der Waals surface area contributed by atoms with Gasteiger partial charge in [-0.05, 0) is 12.1 Å². The first-order valence-corrected chi connectivity index (χ1v) is 7.90. The van der Waals surface area contributed by atoms with Crippen LogP contribution in [0.25, 0.3) is 0 Å². The van der Waals surface area contributed by atoms with E-state index in [0.29, 0.717) is 19.6 Å². The van der Waals surface area contributed by atoms with Gasteiger partial charge in [-0.1, -0.05) is 23.2 Å². The highest BCUT2D eigenvalue weighted by molar-refractivity contribution is 7.89. The van der Waals surface area contributed by atoms with E-state index in [0.717, 1.165) is 12.1 Å². The maximum atomic E-state index is 12.0. The van der Waals surface area contributed by atoms with Crippen molar-refractivity contribution >= 4 is 39.2 Å². The highest BCUT2D eigenvalue weighted by Gasteiger charge is 2.24. The number of hydrogen-bond donors (Lipinski definition) is 1. The van der Waals surface area contributed by atoms with Crippen LogP contribution in [0, 0.1) is 0 Å². The molecule has 20 heavy (non-hydrogen) atoms. The average molecular weight is 340 g/mol. The largest absolute Gasteiger partial charge is 0.456 e. The first-order chi connectivity index (χ1) is 9.29. The smallest absolute Gasteiger partial charge is 0.340 e. The van der Waals surface area contributed by atoms with E-state index in [-0.39, 0.29) is 26.6 Å². The van der Waals surface area contributed by atoms with Gasteiger partial charge in [0.1, 0.15) is 11.0 Å². The minimum absolute atomic E-state index is 0.00804. The summed E-state index contributed by atoms with van der Waals surface area (Å²) in [6.45, 7) is 0.813. The van der Waals surface area contributed by atoms with Gasteiger partial charge in [-0.25, -0.2) is 18.4 Å². The van der Waals surface area contributed by atoms with Crippen LogP contribution in [-0.4, -0.2) is 33.7 Å². The van der Waals surface area contributed by atoms with Crippen LogP contribution in [0.2, 0.25) is 10.0 Å². The quantitative estimate of drug-likeness (QED) is 0.843. The summed E-state index contributed by atoms with van der Waals surface area (Å²) in [7, 11) is -4.06. The lowest BCUT2D eigenvalue weighted by molar-refractivity contribution is 0.0270. The van der Waals surface area contributed by atoms with Crippen molar-refractivity contribution in [3.8, 4) is 0 Å². The van der Waals surface area contributed by atoms with E-state index in [2.05, 4.69) is 0 Å². The maximum absolute atomic E-state index is 12.0. The Morgan fingerprint density at radius 1 is 1.35 bits per heavy atom. The van der Waals surface area contributed by atoms with E-state index in [4.69, 9.17) is 37.8 Å². The van der Waals surface area contributed by atoms with Crippen molar-refractivity contribution in [2.75, 3.05) is 13.2 Å². The van der Waals surface area contributed by atoms with E-state index in [1.54, 1.807) is 0 Å². The third-order valence-corrected chi connectivity index (χ3v) is 4.40. The monoisotopic (exact) mass is 339 g/mol. The van der Waals surface area contributed by atoms with Crippen molar-refractivity contribution in [3.63, 3.8) is 0 Å². The van der Waals surface area contributed by atoms with Crippen molar-refractivity contribution in [2.45, 2.75) is 17.4 Å². The van der Waals surface area contributed by atoms with Gasteiger partial charge < -0.3 is 9.47 Å². The molecule has 1 heterocycles. The number of esters is 1. The number of carbonyl (C=O) groups is 1. The molecule has 0 radical (unpaired) electrons. The standard InChI is InChI=1S/C11H11Cl2NO5S/c12-8-4-9(13)10(20(14,16)17)3-7(8)11(15)19-6-1-2-18-5-6/h3-4,6H,1-2,5H2,(H2,14,16,17). The molecule has 110 valence electrons. The zero-order chi connectivity index (χ0) is 14.9. The molecule has 2 N–H and O–H groups in total. The summed E-state index contributed by atoms with van der Waals surface area (Å²) in [6.07, 6.45) is 0.214. The molecular formula is C11H11Cl2NO5S. The second kappa shape index (κ2) is 5.87. The van der Waals surface area contributed by atoms with Crippen molar-refractivity contribution in [2.24, 2.45) is 5.14 Å². The van der Waals surface area contributed by atoms with Crippen LogP contribution in [0.4, 0.5) is 0 Å². The van der Waals surface area contributed by atoms with Gasteiger partial charge in [0, 0.05) is 6.42 Å². The van der Waals surface area contributed by atoms with Crippen molar-refractivity contribution < 1.29 is 22.7 Å². The van der Waals surface area contributed by atoms with Gasteiger partial charge in [-0.3, -0.25) is 0 Å². The van der Waals surface area contributed by atoms with Gasteiger partial charge in [-0.2, -0.15) is 0 Å². The molecular weight excluding hydrogens is 329 g/mol. The van der Waals surface area contributed by atoms with Gasteiger partial charge in [0.15, 0.2) is 0 Å². The van der Waals surface area contributed by atoms with Crippen LogP contribution in [0.1, 0.15) is 16.8 Å². The summed E-state index contributed by atoms with van der Waals surface area (Å²) >= 11 is 11.6. The number of halogens is 2. The number of nitrogens with two attached hydrogens (primary N) is 1. The van der Waals surface area contributed by atoms with Gasteiger partial charge in [-0.15, -0.1) is 0 Å². The van der Waals surface area contributed by atoms with Crippen molar-refractivity contribution in [1.29, 1.82) is 0 Å². The fourth-order valence-corrected chi connectivity index (χ4v) is 3.12. The molecule has 2 rings (SSSR count). The molecule has 1 fully saturated rings. The minimum Gasteiger partial charge on any atom is -0.456 e. The molecule has 1 aromatic carbocycles. The van der Waals surface area contributed by atoms with E-state index in [9.17, 15) is 13.2 Å². The summed E-state index contributed by atoms with van der Waals surface area (Å²) in [5.41, 5.74) is -0.105. The third kappa shape index (κ3) is 3.42. The molecule has 1 aromatic rings. The number of ether oxygens (including phenoxy) is 2. The normalized spacial score (nSPS) is 19.1. The molecule has 1 atom stereocenters. The zero-order valence-electron chi connectivity index (χ0n) is 10.1. The zero-order valence-corrected chi connectivity index (χ0v) is 12.5. The fraction of sp³-hybridized carbons (Fsp3) is 0.364. The Labute approximate surface area is 125 Å². The summed E-state index contributed by atoms with van der Waals surface area (Å²) in [6, 6.07) is 2.16. The number of benzene rings is 1. The fourth-order valence-electron chi connectivity index (χ4n) is 1.72. The molecule has 0 saturated carbocycles. The Hall–Kier alpha value is -0.860. The molecule has 0 spiro atoms. The molecule has 0 amide bonds. The van der Waals surface area contributed by atoms with Crippen LogP contribution in [0.15, 0.2) is 17.0 Å². The minimum atomic E-state index is -4.06. The van der Waals surface area contributed by atoms with Crippen LogP contribution in [0.3, 0.4) is 0 Å². The van der Waals surface area contributed by atoms with E-state index in [1.165, 1.54) is 0 Å². The molecule has 0 bridgehead atoms. The summed E-state index contributed by atoms with van der Waals surface area (Å²) < 4.78 is 33.0. The van der Waals surface area contributed by atoms with Crippen LogP contribution in [-0.2, 0) is 19.5 Å². The molecule has 1 aliphatic heterocycles. The topological polar surface area (TPSA) is 95.7 Å². The van der Waals surface area contributed by atoms with Crippen LogP contribution < -0.4 is 5.14 Å². The summed E-state index contributed by atoms with van der Waals surface area (Å²) in [5.74, 6) is -0.743. The lowest BCUT2D eigenvalue weighted by Crippen LogP contribution is -2.19.